The number of nitrogens with one attached hydrogen (secondary N) is 1. The van der Waals surface area contributed by atoms with Gasteiger partial charge in [0.1, 0.15) is 17.3 Å². The predicted molar refractivity (Wildman–Crippen MR) is 49.1 cm³/mol. The van der Waals surface area contributed by atoms with Crippen molar-refractivity contribution in [2.24, 2.45) is 5.73 Å². The summed E-state index contributed by atoms with van der Waals surface area (Å²) in [6.45, 7) is 0. The van der Waals surface area contributed by atoms with Gasteiger partial charge in [0.15, 0.2) is 0 Å². The highest BCUT2D eigenvalue weighted by atomic mass is 35.5. The van der Waals surface area contributed by atoms with Crippen LogP contribution in [0.3, 0.4) is 0 Å². The maximum Gasteiger partial charge on any atom is 0.141 e. The minimum absolute atomic E-state index is 0. The quantitative estimate of drug-likeness (QED) is 0.531. The third-order valence-corrected chi connectivity index (χ3v) is 1.24. The Balaban J connectivity index is 0.00000121. The summed E-state index contributed by atoms with van der Waals surface area (Å²) in [6, 6.07) is 3.31. The first-order chi connectivity index (χ1) is 5.24. The third kappa shape index (κ3) is 2.39. The Morgan fingerprint density at radius 1 is 1.67 bits per heavy atom. The van der Waals surface area contributed by atoms with Crippen LogP contribution in [0, 0.1) is 5.41 Å². The number of aromatic nitrogens is 1. The van der Waals surface area contributed by atoms with E-state index < -0.39 is 0 Å². The number of nitrogens with two attached hydrogens (primary N) is 1. The van der Waals surface area contributed by atoms with E-state index in [1.165, 1.54) is 0 Å². The van der Waals surface area contributed by atoms with Crippen molar-refractivity contribution in [1.29, 1.82) is 5.41 Å². The van der Waals surface area contributed by atoms with E-state index in [-0.39, 0.29) is 18.2 Å². The fraction of sp³-hybridized carbons (Fsp3) is 0.143. The molecule has 4 nitrogen and oxygen atoms in total. The molecular weight excluding hydrogens is 178 g/mol. The number of ether oxygens (including phenoxy) is 1. The minimum Gasteiger partial charge on any atom is -0.497 e. The van der Waals surface area contributed by atoms with E-state index in [9.17, 15) is 0 Å². The Morgan fingerprint density at radius 3 is 2.83 bits per heavy atom. The highest BCUT2D eigenvalue weighted by Gasteiger charge is 1.98. The van der Waals surface area contributed by atoms with Crippen molar-refractivity contribution >= 4 is 18.2 Å². The lowest BCUT2D eigenvalue weighted by atomic mass is 10.3. The van der Waals surface area contributed by atoms with Crippen LogP contribution in [0.5, 0.6) is 5.75 Å². The predicted octanol–water partition coefficient (Wildman–Crippen LogP) is 0.796. The molecule has 0 fully saturated rings. The number of nitrogens with zero attached hydrogens (tertiary/aromatic N) is 1. The van der Waals surface area contributed by atoms with Gasteiger partial charge in [-0.05, 0) is 6.07 Å². The van der Waals surface area contributed by atoms with Gasteiger partial charge in [-0.1, -0.05) is 0 Å². The van der Waals surface area contributed by atoms with Gasteiger partial charge in [0.2, 0.25) is 0 Å². The monoisotopic (exact) mass is 187 g/mol. The number of rotatable bonds is 2. The maximum absolute atomic E-state index is 7.07. The second kappa shape index (κ2) is 4.56. The van der Waals surface area contributed by atoms with Gasteiger partial charge in [-0.15, -0.1) is 12.4 Å². The van der Waals surface area contributed by atoms with E-state index in [0.29, 0.717) is 11.4 Å². The zero-order valence-corrected chi connectivity index (χ0v) is 7.39. The molecule has 1 rings (SSSR count). The molecule has 0 saturated heterocycles. The van der Waals surface area contributed by atoms with Crippen LogP contribution in [0.1, 0.15) is 5.69 Å². The first kappa shape index (κ1) is 10.7. The van der Waals surface area contributed by atoms with Gasteiger partial charge in [0, 0.05) is 12.3 Å². The molecule has 0 aliphatic heterocycles. The van der Waals surface area contributed by atoms with Gasteiger partial charge >= 0.3 is 0 Å². The number of hydrogen-bond acceptors (Lipinski definition) is 3. The minimum atomic E-state index is -0.0519. The molecule has 0 amide bonds. The molecule has 0 saturated carbocycles. The molecule has 0 bridgehead atoms. The zero-order chi connectivity index (χ0) is 8.27. The Labute approximate surface area is 76.7 Å². The molecular formula is C7H10ClN3O. The number of halogens is 1. The first-order valence-corrected chi connectivity index (χ1v) is 3.08. The Kier molecular flexibility index (Phi) is 4.07. The van der Waals surface area contributed by atoms with E-state index in [4.69, 9.17) is 15.9 Å². The van der Waals surface area contributed by atoms with Crippen molar-refractivity contribution in [2.75, 3.05) is 7.11 Å². The van der Waals surface area contributed by atoms with Gasteiger partial charge in [-0.2, -0.15) is 0 Å². The average Bonchev–Trinajstić information content (AvgIpc) is 2.05. The van der Waals surface area contributed by atoms with E-state index in [1.807, 2.05) is 0 Å². The van der Waals surface area contributed by atoms with Gasteiger partial charge in [-0.25, -0.2) is 0 Å². The molecule has 12 heavy (non-hydrogen) atoms. The lowest BCUT2D eigenvalue weighted by Gasteiger charge is -2.00. The Hall–Kier alpha value is -1.29. The lowest BCUT2D eigenvalue weighted by molar-refractivity contribution is 0.414. The normalized spacial score (nSPS) is 8.42. The number of amidine groups is 1. The number of hydrogen-bond donors (Lipinski definition) is 2. The van der Waals surface area contributed by atoms with Crippen molar-refractivity contribution in [3.8, 4) is 5.75 Å². The third-order valence-electron chi connectivity index (χ3n) is 1.24. The fourth-order valence-electron chi connectivity index (χ4n) is 0.685. The van der Waals surface area contributed by atoms with Crippen molar-refractivity contribution < 1.29 is 4.74 Å². The van der Waals surface area contributed by atoms with Crippen molar-refractivity contribution in [1.82, 2.24) is 4.98 Å². The van der Waals surface area contributed by atoms with Gasteiger partial charge in [0.05, 0.1) is 7.11 Å². The molecule has 0 spiro atoms. The van der Waals surface area contributed by atoms with Crippen LogP contribution in [0.25, 0.3) is 0 Å². The molecule has 1 heterocycles. The van der Waals surface area contributed by atoms with Crippen molar-refractivity contribution in [2.45, 2.75) is 0 Å². The van der Waals surface area contributed by atoms with Crippen LogP contribution >= 0.6 is 12.4 Å². The number of pyridine rings is 1. The summed E-state index contributed by atoms with van der Waals surface area (Å²) in [5, 5.41) is 7.07. The summed E-state index contributed by atoms with van der Waals surface area (Å²) < 4.78 is 4.91. The van der Waals surface area contributed by atoms with Crippen LogP contribution in [0.2, 0.25) is 0 Å². The standard InChI is InChI=1S/C7H9N3O.ClH/c1-11-5-2-3-10-6(4-5)7(8)9;/h2-4H,1H3,(H3,8,9);1H. The molecule has 0 unspecified atom stereocenters. The molecule has 66 valence electrons. The molecule has 1 aromatic rings. The van der Waals surface area contributed by atoms with Crippen molar-refractivity contribution in [3.63, 3.8) is 0 Å². The molecule has 0 atom stereocenters. The van der Waals surface area contributed by atoms with Gasteiger partial charge in [0.25, 0.3) is 0 Å². The fourth-order valence-corrected chi connectivity index (χ4v) is 0.685. The largest absolute Gasteiger partial charge is 0.497 e. The van der Waals surface area contributed by atoms with Crippen LogP contribution in [0.15, 0.2) is 18.3 Å². The smallest absolute Gasteiger partial charge is 0.141 e. The molecule has 0 radical (unpaired) electrons. The van der Waals surface area contributed by atoms with Gasteiger partial charge < -0.3 is 10.5 Å². The molecule has 1 aromatic heterocycles. The van der Waals surface area contributed by atoms with Crippen molar-refractivity contribution in [3.05, 3.63) is 24.0 Å². The Morgan fingerprint density at radius 2 is 2.33 bits per heavy atom. The molecule has 5 heteroatoms. The second-order valence-corrected chi connectivity index (χ2v) is 1.99. The summed E-state index contributed by atoms with van der Waals surface area (Å²) in [5.41, 5.74) is 5.64. The van der Waals surface area contributed by atoms with E-state index in [0.717, 1.165) is 0 Å². The van der Waals surface area contributed by atoms with Crippen LogP contribution in [0.4, 0.5) is 0 Å². The molecule has 0 aliphatic carbocycles. The van der Waals surface area contributed by atoms with Gasteiger partial charge in [-0.3, -0.25) is 10.4 Å². The SMILES string of the molecule is COc1ccnc(C(=N)N)c1.Cl. The van der Waals surface area contributed by atoms with E-state index >= 15 is 0 Å². The Bertz CT molecular complexity index is 277. The second-order valence-electron chi connectivity index (χ2n) is 1.99. The first-order valence-electron chi connectivity index (χ1n) is 3.08. The van der Waals surface area contributed by atoms with E-state index in [2.05, 4.69) is 4.98 Å². The molecule has 0 aliphatic rings. The lowest BCUT2D eigenvalue weighted by Crippen LogP contribution is -2.12. The summed E-state index contributed by atoms with van der Waals surface area (Å²) in [6.07, 6.45) is 1.55. The summed E-state index contributed by atoms with van der Waals surface area (Å²) in [4.78, 5) is 3.86. The van der Waals surface area contributed by atoms with Crippen LogP contribution < -0.4 is 10.5 Å². The maximum atomic E-state index is 7.07. The zero-order valence-electron chi connectivity index (χ0n) is 6.57. The average molecular weight is 188 g/mol. The highest BCUT2D eigenvalue weighted by Crippen LogP contribution is 2.08. The van der Waals surface area contributed by atoms with Crippen LogP contribution in [-0.2, 0) is 0 Å². The topological polar surface area (TPSA) is 72.0 Å². The summed E-state index contributed by atoms with van der Waals surface area (Å²) in [7, 11) is 1.55. The highest BCUT2D eigenvalue weighted by molar-refractivity contribution is 5.93. The number of methoxy groups -OCH3 is 1. The summed E-state index contributed by atoms with van der Waals surface area (Å²) in [5.74, 6) is 0.606. The van der Waals surface area contributed by atoms with Crippen LogP contribution in [-0.4, -0.2) is 17.9 Å². The molecule has 3 N–H and O–H groups in total. The summed E-state index contributed by atoms with van der Waals surface area (Å²) >= 11 is 0. The molecule has 0 aromatic carbocycles. The number of nitrogen functional groups attached to an aromatic ring is 1. The van der Waals surface area contributed by atoms with E-state index in [1.54, 1.807) is 25.4 Å².